The van der Waals surface area contributed by atoms with E-state index in [4.69, 9.17) is 19.9 Å². The molecule has 0 radical (unpaired) electrons. The number of piperidine rings is 1. The van der Waals surface area contributed by atoms with E-state index in [0.717, 1.165) is 32.4 Å². The van der Waals surface area contributed by atoms with E-state index in [-0.39, 0.29) is 17.4 Å². The Balaban J connectivity index is 2.77. The monoisotopic (exact) mass is 274 g/mol. The minimum atomic E-state index is -0.218. The van der Waals surface area contributed by atoms with E-state index in [9.17, 15) is 0 Å². The molecule has 5 nitrogen and oxygen atoms in total. The highest BCUT2D eigenvalue weighted by Crippen LogP contribution is 2.31. The lowest BCUT2D eigenvalue weighted by molar-refractivity contribution is -0.141. The predicted octanol–water partition coefficient (Wildman–Crippen LogP) is 1.21. The lowest BCUT2D eigenvalue weighted by atomic mass is 9.87. The molecular formula is C14H30N2O3. The molecular weight excluding hydrogens is 244 g/mol. The largest absolute Gasteiger partial charge is 0.377 e. The molecule has 0 aromatic carbocycles. The van der Waals surface area contributed by atoms with Gasteiger partial charge < -0.3 is 19.9 Å². The van der Waals surface area contributed by atoms with Gasteiger partial charge in [-0.3, -0.25) is 4.90 Å². The van der Waals surface area contributed by atoms with E-state index < -0.39 is 0 Å². The summed E-state index contributed by atoms with van der Waals surface area (Å²) in [5, 5.41) is 0. The number of nitrogens with two attached hydrogens (primary N) is 1. The molecule has 0 spiro atoms. The Morgan fingerprint density at radius 1 is 1.32 bits per heavy atom. The van der Waals surface area contributed by atoms with Crippen LogP contribution < -0.4 is 5.73 Å². The maximum Gasteiger partial charge on any atom is 0.158 e. The van der Waals surface area contributed by atoms with Crippen molar-refractivity contribution in [2.45, 2.75) is 50.5 Å². The first-order valence-electron chi connectivity index (χ1n) is 6.99. The summed E-state index contributed by atoms with van der Waals surface area (Å²) in [6.07, 6.45) is 2.77. The van der Waals surface area contributed by atoms with Gasteiger partial charge in [0.05, 0.1) is 5.60 Å². The van der Waals surface area contributed by atoms with Crippen LogP contribution in [0.1, 0.15) is 33.1 Å². The van der Waals surface area contributed by atoms with Gasteiger partial charge in [-0.1, -0.05) is 0 Å². The maximum atomic E-state index is 6.03. The number of rotatable bonds is 7. The summed E-state index contributed by atoms with van der Waals surface area (Å²) in [7, 11) is 5.12. The maximum absolute atomic E-state index is 6.03. The first kappa shape index (κ1) is 16.9. The Bertz CT molecular complexity index is 273. The lowest BCUT2D eigenvalue weighted by Gasteiger charge is -2.49. The quantitative estimate of drug-likeness (QED) is 0.707. The summed E-state index contributed by atoms with van der Waals surface area (Å²) in [6.45, 7) is 6.87. The van der Waals surface area contributed by atoms with Crippen LogP contribution in [0.25, 0.3) is 0 Å². The first-order chi connectivity index (χ1) is 8.93. The van der Waals surface area contributed by atoms with Crippen LogP contribution in [0.4, 0.5) is 0 Å². The van der Waals surface area contributed by atoms with Gasteiger partial charge in [0.25, 0.3) is 0 Å². The molecule has 2 atom stereocenters. The number of nitrogens with zero attached hydrogens (tertiary/aromatic N) is 1. The standard InChI is InChI=1S/C14H30N2O3/c1-13(10-15,9-12(17-3)18-4)16-8-6-7-14(2,11-16)19-5/h12H,6-11,15H2,1-5H3. The zero-order valence-electron chi connectivity index (χ0n) is 13.1. The zero-order valence-corrected chi connectivity index (χ0v) is 13.1. The molecule has 1 aliphatic heterocycles. The predicted molar refractivity (Wildman–Crippen MR) is 76.1 cm³/mol. The molecule has 19 heavy (non-hydrogen) atoms. The molecule has 0 aromatic heterocycles. The Hall–Kier alpha value is -0.200. The van der Waals surface area contributed by atoms with Crippen molar-refractivity contribution in [3.63, 3.8) is 0 Å². The van der Waals surface area contributed by atoms with Crippen LogP contribution in [0.5, 0.6) is 0 Å². The number of ether oxygens (including phenoxy) is 3. The van der Waals surface area contributed by atoms with E-state index in [1.807, 2.05) is 0 Å². The zero-order chi connectivity index (χ0) is 14.5. The third kappa shape index (κ3) is 4.13. The number of hydrogen-bond acceptors (Lipinski definition) is 5. The van der Waals surface area contributed by atoms with Crippen LogP contribution in [0, 0.1) is 0 Å². The van der Waals surface area contributed by atoms with E-state index in [1.54, 1.807) is 21.3 Å². The Morgan fingerprint density at radius 3 is 2.42 bits per heavy atom. The summed E-state index contributed by atoms with van der Waals surface area (Å²) < 4.78 is 16.3. The third-order valence-electron chi connectivity index (χ3n) is 4.49. The van der Waals surface area contributed by atoms with E-state index in [2.05, 4.69) is 18.7 Å². The van der Waals surface area contributed by atoms with Gasteiger partial charge in [0.1, 0.15) is 0 Å². The highest BCUT2D eigenvalue weighted by molar-refractivity contribution is 4.95. The van der Waals surface area contributed by atoms with Gasteiger partial charge in [0, 0.05) is 46.4 Å². The second kappa shape index (κ2) is 6.99. The van der Waals surface area contributed by atoms with Gasteiger partial charge in [0.15, 0.2) is 6.29 Å². The van der Waals surface area contributed by atoms with Crippen molar-refractivity contribution in [1.82, 2.24) is 4.90 Å². The lowest BCUT2D eigenvalue weighted by Crippen LogP contribution is -2.60. The minimum Gasteiger partial charge on any atom is -0.377 e. The second-order valence-corrected chi connectivity index (χ2v) is 5.99. The molecule has 0 aromatic rings. The average molecular weight is 274 g/mol. The van der Waals surface area contributed by atoms with Crippen molar-refractivity contribution in [3.8, 4) is 0 Å². The molecule has 1 rings (SSSR count). The van der Waals surface area contributed by atoms with E-state index >= 15 is 0 Å². The third-order valence-corrected chi connectivity index (χ3v) is 4.49. The van der Waals surface area contributed by atoms with Crippen molar-refractivity contribution in [1.29, 1.82) is 0 Å². The SMILES string of the molecule is COC(CC(C)(CN)N1CCCC(C)(OC)C1)OC. The van der Waals surface area contributed by atoms with Gasteiger partial charge in [-0.15, -0.1) is 0 Å². The highest BCUT2D eigenvalue weighted by atomic mass is 16.7. The Labute approximate surface area is 117 Å². The number of likely N-dealkylation sites (tertiary alicyclic amines) is 1. The summed E-state index contributed by atoms with van der Waals surface area (Å²) in [5.74, 6) is 0. The molecule has 2 N–H and O–H groups in total. The van der Waals surface area contributed by atoms with Crippen LogP contribution in [-0.2, 0) is 14.2 Å². The second-order valence-electron chi connectivity index (χ2n) is 5.99. The first-order valence-corrected chi connectivity index (χ1v) is 6.99. The molecule has 0 saturated carbocycles. The van der Waals surface area contributed by atoms with Crippen molar-refractivity contribution in [3.05, 3.63) is 0 Å². The Kier molecular flexibility index (Phi) is 6.20. The average Bonchev–Trinajstić information content (AvgIpc) is 2.44. The van der Waals surface area contributed by atoms with Crippen molar-refractivity contribution in [2.75, 3.05) is 41.0 Å². The molecule has 0 aliphatic carbocycles. The van der Waals surface area contributed by atoms with Crippen molar-refractivity contribution >= 4 is 0 Å². The molecule has 1 heterocycles. The fraction of sp³-hybridized carbons (Fsp3) is 1.00. The highest BCUT2D eigenvalue weighted by Gasteiger charge is 2.40. The minimum absolute atomic E-state index is 0.0790. The van der Waals surface area contributed by atoms with Crippen LogP contribution in [0.15, 0.2) is 0 Å². The van der Waals surface area contributed by atoms with Gasteiger partial charge >= 0.3 is 0 Å². The molecule has 1 saturated heterocycles. The van der Waals surface area contributed by atoms with Crippen molar-refractivity contribution in [2.24, 2.45) is 5.73 Å². The van der Waals surface area contributed by atoms with Gasteiger partial charge in [-0.2, -0.15) is 0 Å². The van der Waals surface area contributed by atoms with Crippen molar-refractivity contribution < 1.29 is 14.2 Å². The van der Waals surface area contributed by atoms with Gasteiger partial charge in [-0.05, 0) is 33.2 Å². The summed E-state index contributed by atoms with van der Waals surface area (Å²) in [6, 6.07) is 0. The van der Waals surface area contributed by atoms with Crippen LogP contribution in [0.2, 0.25) is 0 Å². The van der Waals surface area contributed by atoms with Crippen LogP contribution >= 0.6 is 0 Å². The molecule has 2 unspecified atom stereocenters. The molecule has 5 heteroatoms. The Morgan fingerprint density at radius 2 is 1.95 bits per heavy atom. The molecule has 1 fully saturated rings. The normalized spacial score (nSPS) is 28.6. The summed E-state index contributed by atoms with van der Waals surface area (Å²) in [5.41, 5.74) is 5.82. The summed E-state index contributed by atoms with van der Waals surface area (Å²) in [4.78, 5) is 2.42. The molecule has 1 aliphatic rings. The smallest absolute Gasteiger partial charge is 0.158 e. The van der Waals surface area contributed by atoms with E-state index in [0.29, 0.717) is 6.54 Å². The van der Waals surface area contributed by atoms with E-state index in [1.165, 1.54) is 0 Å². The number of methoxy groups -OCH3 is 3. The number of hydrogen-bond donors (Lipinski definition) is 1. The topological polar surface area (TPSA) is 57.0 Å². The fourth-order valence-electron chi connectivity index (χ4n) is 2.80. The molecule has 0 amide bonds. The van der Waals surface area contributed by atoms with Gasteiger partial charge in [0.2, 0.25) is 0 Å². The van der Waals surface area contributed by atoms with Crippen LogP contribution in [-0.4, -0.2) is 63.3 Å². The van der Waals surface area contributed by atoms with Gasteiger partial charge in [-0.25, -0.2) is 0 Å². The fourth-order valence-corrected chi connectivity index (χ4v) is 2.80. The summed E-state index contributed by atoms with van der Waals surface area (Å²) >= 11 is 0. The molecule has 0 bridgehead atoms. The molecule has 114 valence electrons. The van der Waals surface area contributed by atoms with Crippen LogP contribution in [0.3, 0.4) is 0 Å².